The van der Waals surface area contributed by atoms with Crippen LogP contribution in [0.3, 0.4) is 0 Å². The maximum atomic E-state index is 12.7. The molecule has 1 amide bonds. The molecule has 0 fully saturated rings. The zero-order chi connectivity index (χ0) is 17.2. The van der Waals surface area contributed by atoms with E-state index in [1.54, 1.807) is 11.2 Å². The molecule has 1 aromatic heterocycles. The highest BCUT2D eigenvalue weighted by Gasteiger charge is 2.29. The Morgan fingerprint density at radius 3 is 2.61 bits per heavy atom. The Morgan fingerprint density at radius 1 is 1.43 bits per heavy atom. The molecule has 1 heterocycles. The summed E-state index contributed by atoms with van der Waals surface area (Å²) < 4.78 is 11.3. The van der Waals surface area contributed by atoms with Gasteiger partial charge in [0.05, 0.1) is 6.26 Å². The highest BCUT2D eigenvalue weighted by Crippen LogP contribution is 2.31. The third-order valence-corrected chi connectivity index (χ3v) is 4.18. The fraction of sp³-hybridized carbons (Fsp3) is 0.632. The smallest absolute Gasteiger partial charge is 0.417 e. The maximum absolute atomic E-state index is 12.7. The van der Waals surface area contributed by atoms with Crippen molar-refractivity contribution in [3.63, 3.8) is 0 Å². The van der Waals surface area contributed by atoms with Crippen molar-refractivity contribution >= 4 is 12.0 Å². The number of nitrogens with zero attached hydrogens (tertiary/aromatic N) is 1. The average molecular weight is 319 g/mol. The highest BCUT2D eigenvalue weighted by molar-refractivity contribution is 5.86. The molecule has 0 aliphatic heterocycles. The lowest BCUT2D eigenvalue weighted by molar-refractivity contribution is 0.0570. The van der Waals surface area contributed by atoms with Crippen LogP contribution >= 0.6 is 0 Å². The third kappa shape index (κ3) is 4.63. The number of carbonyl (C=O) groups is 1. The molecule has 1 unspecified atom stereocenters. The molecular weight excluding hydrogens is 290 g/mol. The van der Waals surface area contributed by atoms with Crippen molar-refractivity contribution in [2.45, 2.75) is 65.9 Å². The Morgan fingerprint density at radius 2 is 2.13 bits per heavy atom. The number of amides is 1. The van der Waals surface area contributed by atoms with Crippen LogP contribution in [-0.4, -0.2) is 18.2 Å². The fourth-order valence-corrected chi connectivity index (χ4v) is 2.72. The summed E-state index contributed by atoms with van der Waals surface area (Å²) in [4.78, 5) is 14.3. The molecule has 0 bridgehead atoms. The van der Waals surface area contributed by atoms with Gasteiger partial charge in [-0.1, -0.05) is 25.5 Å². The number of ether oxygens (including phenoxy) is 1. The van der Waals surface area contributed by atoms with E-state index < -0.39 is 5.60 Å². The number of anilines is 1. The van der Waals surface area contributed by atoms with E-state index in [-0.39, 0.29) is 6.09 Å². The van der Waals surface area contributed by atoms with E-state index in [2.05, 4.69) is 26.8 Å². The van der Waals surface area contributed by atoms with Crippen LogP contribution in [0.5, 0.6) is 0 Å². The van der Waals surface area contributed by atoms with E-state index in [0.717, 1.165) is 18.4 Å². The van der Waals surface area contributed by atoms with E-state index in [1.165, 1.54) is 5.57 Å². The van der Waals surface area contributed by atoms with Crippen LogP contribution in [0.1, 0.15) is 65.9 Å². The van der Waals surface area contributed by atoms with Gasteiger partial charge in [-0.05, 0) is 57.9 Å². The quantitative estimate of drug-likeness (QED) is 0.688. The molecule has 0 saturated carbocycles. The van der Waals surface area contributed by atoms with Gasteiger partial charge >= 0.3 is 6.09 Å². The van der Waals surface area contributed by atoms with Gasteiger partial charge in [-0.3, -0.25) is 0 Å². The number of furan rings is 1. The van der Waals surface area contributed by atoms with Crippen LogP contribution in [0.15, 0.2) is 28.4 Å². The van der Waals surface area contributed by atoms with Gasteiger partial charge < -0.3 is 9.15 Å². The third-order valence-electron chi connectivity index (χ3n) is 4.18. The van der Waals surface area contributed by atoms with Gasteiger partial charge in [-0.2, -0.15) is 0 Å². The Kier molecular flexibility index (Phi) is 5.23. The van der Waals surface area contributed by atoms with Crippen LogP contribution in [0.4, 0.5) is 10.7 Å². The van der Waals surface area contributed by atoms with E-state index in [0.29, 0.717) is 24.3 Å². The van der Waals surface area contributed by atoms with Crippen molar-refractivity contribution in [1.82, 2.24) is 0 Å². The van der Waals surface area contributed by atoms with E-state index >= 15 is 0 Å². The minimum atomic E-state index is -0.524. The lowest BCUT2D eigenvalue weighted by Gasteiger charge is -2.28. The lowest BCUT2D eigenvalue weighted by atomic mass is 10.0. The molecule has 0 saturated heterocycles. The van der Waals surface area contributed by atoms with Crippen LogP contribution in [-0.2, 0) is 4.74 Å². The standard InChI is InChI=1S/C19H29NO3/c1-13(2)16-10-17(22-12-16)20(18(21)23-19(4,5)6)11-15-9-7-8-14(15)3/h8,10,12-13,15H,7,9,11H2,1-6H3. The van der Waals surface area contributed by atoms with Crippen molar-refractivity contribution in [3.05, 3.63) is 29.5 Å². The number of hydrogen-bond donors (Lipinski definition) is 0. The highest BCUT2D eigenvalue weighted by atomic mass is 16.6. The molecule has 2 rings (SSSR count). The predicted octanol–water partition coefficient (Wildman–Crippen LogP) is 5.50. The molecule has 0 aromatic carbocycles. The zero-order valence-corrected chi connectivity index (χ0v) is 15.2. The normalized spacial score (nSPS) is 18.2. The molecular formula is C19H29NO3. The zero-order valence-electron chi connectivity index (χ0n) is 15.2. The Balaban J connectivity index is 2.22. The SMILES string of the molecule is CC1=CCCC1CN(C(=O)OC(C)(C)C)c1cc(C(C)C)co1. The van der Waals surface area contributed by atoms with Crippen molar-refractivity contribution in [1.29, 1.82) is 0 Å². The summed E-state index contributed by atoms with van der Waals surface area (Å²) >= 11 is 0. The molecule has 1 aromatic rings. The first-order chi connectivity index (χ1) is 10.7. The first-order valence-electron chi connectivity index (χ1n) is 8.43. The molecule has 1 aliphatic rings. The second kappa shape index (κ2) is 6.81. The summed E-state index contributed by atoms with van der Waals surface area (Å²) in [5, 5.41) is 0. The second-order valence-electron chi connectivity index (χ2n) is 7.69. The minimum Gasteiger partial charge on any atom is -0.448 e. The molecule has 23 heavy (non-hydrogen) atoms. The molecule has 1 atom stereocenters. The Hall–Kier alpha value is -1.71. The molecule has 128 valence electrons. The van der Waals surface area contributed by atoms with Gasteiger partial charge in [0.15, 0.2) is 0 Å². The number of rotatable bonds is 4. The van der Waals surface area contributed by atoms with Crippen LogP contribution in [0, 0.1) is 5.92 Å². The summed E-state index contributed by atoms with van der Waals surface area (Å²) in [5.74, 6) is 1.30. The second-order valence-corrected chi connectivity index (χ2v) is 7.69. The largest absolute Gasteiger partial charge is 0.448 e. The van der Waals surface area contributed by atoms with Crippen molar-refractivity contribution in [2.24, 2.45) is 5.92 Å². The van der Waals surface area contributed by atoms with E-state index in [1.807, 2.05) is 26.8 Å². The summed E-state index contributed by atoms with van der Waals surface area (Å²) in [6.45, 7) is 12.6. The van der Waals surface area contributed by atoms with Crippen LogP contribution in [0.25, 0.3) is 0 Å². The average Bonchev–Trinajstić information content (AvgIpc) is 3.03. The number of carbonyl (C=O) groups excluding carboxylic acids is 1. The predicted molar refractivity (Wildman–Crippen MR) is 92.9 cm³/mol. The molecule has 4 nitrogen and oxygen atoms in total. The number of allylic oxidation sites excluding steroid dienone is 1. The Labute approximate surface area is 139 Å². The Bertz CT molecular complexity index is 578. The summed E-state index contributed by atoms with van der Waals surface area (Å²) in [6, 6.07) is 1.95. The summed E-state index contributed by atoms with van der Waals surface area (Å²) in [6.07, 6.45) is 5.78. The topological polar surface area (TPSA) is 42.7 Å². The van der Waals surface area contributed by atoms with E-state index in [9.17, 15) is 4.79 Å². The molecule has 0 spiro atoms. The molecule has 0 radical (unpaired) electrons. The molecule has 1 aliphatic carbocycles. The molecule has 4 heteroatoms. The fourth-order valence-electron chi connectivity index (χ4n) is 2.72. The lowest BCUT2D eigenvalue weighted by Crippen LogP contribution is -2.39. The van der Waals surface area contributed by atoms with Crippen LogP contribution in [0.2, 0.25) is 0 Å². The maximum Gasteiger partial charge on any atom is 0.417 e. The van der Waals surface area contributed by atoms with Gasteiger partial charge in [-0.15, -0.1) is 0 Å². The van der Waals surface area contributed by atoms with Crippen molar-refractivity contribution in [2.75, 3.05) is 11.4 Å². The minimum absolute atomic E-state index is 0.346. The van der Waals surface area contributed by atoms with Gasteiger partial charge in [0.2, 0.25) is 5.88 Å². The monoisotopic (exact) mass is 319 g/mol. The van der Waals surface area contributed by atoms with Gasteiger partial charge in [0, 0.05) is 12.6 Å². The first-order valence-corrected chi connectivity index (χ1v) is 8.43. The van der Waals surface area contributed by atoms with Crippen molar-refractivity contribution in [3.8, 4) is 0 Å². The van der Waals surface area contributed by atoms with Crippen LogP contribution < -0.4 is 4.90 Å². The first kappa shape index (κ1) is 17.6. The van der Waals surface area contributed by atoms with E-state index in [4.69, 9.17) is 9.15 Å². The van der Waals surface area contributed by atoms with Crippen molar-refractivity contribution < 1.29 is 13.9 Å². The molecule has 0 N–H and O–H groups in total. The van der Waals surface area contributed by atoms with Gasteiger partial charge in [0.1, 0.15) is 5.60 Å². The van der Waals surface area contributed by atoms with Gasteiger partial charge in [0.25, 0.3) is 0 Å². The summed E-state index contributed by atoms with van der Waals surface area (Å²) in [7, 11) is 0. The summed E-state index contributed by atoms with van der Waals surface area (Å²) in [5.41, 5.74) is 1.91. The van der Waals surface area contributed by atoms with Gasteiger partial charge in [-0.25, -0.2) is 9.69 Å². The number of hydrogen-bond acceptors (Lipinski definition) is 3.